The van der Waals surface area contributed by atoms with E-state index >= 15 is 0 Å². The zero-order valence-electron chi connectivity index (χ0n) is 10.4. The molecule has 3 heteroatoms. The molecule has 0 radical (unpaired) electrons. The number of hydrogen-bond acceptors (Lipinski definition) is 3. The van der Waals surface area contributed by atoms with E-state index in [9.17, 15) is 5.11 Å². The summed E-state index contributed by atoms with van der Waals surface area (Å²) in [7, 11) is 0. The van der Waals surface area contributed by atoms with Crippen LogP contribution in [-0.2, 0) is 11.3 Å². The Morgan fingerprint density at radius 2 is 1.94 bits per heavy atom. The second-order valence-corrected chi connectivity index (χ2v) is 4.36. The zero-order chi connectivity index (χ0) is 12.5. The number of aliphatic hydroxyl groups is 2. The summed E-state index contributed by atoms with van der Waals surface area (Å²) in [6, 6.07) is 10.0. The Bertz CT molecular complexity index is 285. The Labute approximate surface area is 103 Å². The van der Waals surface area contributed by atoms with Gasteiger partial charge in [-0.15, -0.1) is 0 Å². The highest BCUT2D eigenvalue weighted by molar-refractivity contribution is 5.13. The Morgan fingerprint density at radius 1 is 1.24 bits per heavy atom. The van der Waals surface area contributed by atoms with E-state index in [1.807, 2.05) is 30.3 Å². The molecule has 0 amide bonds. The molecule has 0 fully saturated rings. The molecule has 0 aromatic heterocycles. The van der Waals surface area contributed by atoms with Crippen LogP contribution in [0.4, 0.5) is 0 Å². The normalized spacial score (nSPS) is 14.5. The van der Waals surface area contributed by atoms with Crippen molar-refractivity contribution in [3.8, 4) is 0 Å². The minimum absolute atomic E-state index is 0.0321. The van der Waals surface area contributed by atoms with E-state index in [2.05, 4.69) is 0 Å². The highest BCUT2D eigenvalue weighted by atomic mass is 16.5. The van der Waals surface area contributed by atoms with Crippen molar-refractivity contribution in [3.63, 3.8) is 0 Å². The van der Waals surface area contributed by atoms with Crippen molar-refractivity contribution in [1.82, 2.24) is 0 Å². The van der Waals surface area contributed by atoms with Gasteiger partial charge in [0.2, 0.25) is 0 Å². The van der Waals surface area contributed by atoms with Gasteiger partial charge in [-0.25, -0.2) is 0 Å². The fraction of sp³-hybridized carbons (Fsp3) is 0.571. The van der Waals surface area contributed by atoms with E-state index in [0.717, 1.165) is 12.8 Å². The van der Waals surface area contributed by atoms with Gasteiger partial charge in [-0.2, -0.15) is 0 Å². The molecule has 0 bridgehead atoms. The Morgan fingerprint density at radius 3 is 2.53 bits per heavy atom. The first kappa shape index (κ1) is 14.2. The maximum Gasteiger partial charge on any atom is 0.0716 e. The number of rotatable bonds is 8. The number of ether oxygens (including phenoxy) is 1. The Balaban J connectivity index is 2.08. The summed E-state index contributed by atoms with van der Waals surface area (Å²) < 4.78 is 5.53. The lowest BCUT2D eigenvalue weighted by molar-refractivity contribution is 0.0613. The van der Waals surface area contributed by atoms with E-state index in [4.69, 9.17) is 9.84 Å². The molecule has 0 saturated heterocycles. The van der Waals surface area contributed by atoms with Crippen LogP contribution in [0.1, 0.15) is 25.3 Å². The molecule has 0 aliphatic heterocycles. The second kappa shape index (κ2) is 8.23. The molecule has 0 heterocycles. The van der Waals surface area contributed by atoms with E-state index in [-0.39, 0.29) is 12.5 Å². The first-order chi connectivity index (χ1) is 8.24. The predicted octanol–water partition coefficient (Wildman–Crippen LogP) is 1.97. The molecule has 0 spiro atoms. The largest absolute Gasteiger partial charge is 0.396 e. The molecule has 96 valence electrons. The summed E-state index contributed by atoms with van der Waals surface area (Å²) in [6.45, 7) is 3.04. The molecular weight excluding hydrogens is 216 g/mol. The van der Waals surface area contributed by atoms with Gasteiger partial charge in [0.15, 0.2) is 0 Å². The molecule has 0 aliphatic rings. The average molecular weight is 238 g/mol. The highest BCUT2D eigenvalue weighted by Crippen LogP contribution is 2.11. The molecule has 0 unspecified atom stereocenters. The SMILES string of the molecule is C[C@H](O)[C@@H](CO)CCCOCc1ccccc1. The van der Waals surface area contributed by atoms with Crippen molar-refractivity contribution in [3.05, 3.63) is 35.9 Å². The van der Waals surface area contributed by atoms with E-state index in [1.54, 1.807) is 6.92 Å². The molecule has 0 saturated carbocycles. The van der Waals surface area contributed by atoms with Crippen LogP contribution < -0.4 is 0 Å². The van der Waals surface area contributed by atoms with Crippen LogP contribution in [0.2, 0.25) is 0 Å². The molecule has 1 aromatic rings. The van der Waals surface area contributed by atoms with Gasteiger partial charge in [-0.3, -0.25) is 0 Å². The third-order valence-electron chi connectivity index (χ3n) is 2.89. The summed E-state index contributed by atoms with van der Waals surface area (Å²) in [5.41, 5.74) is 1.17. The van der Waals surface area contributed by atoms with Crippen molar-refractivity contribution in [2.75, 3.05) is 13.2 Å². The number of hydrogen-bond donors (Lipinski definition) is 2. The van der Waals surface area contributed by atoms with Crippen molar-refractivity contribution in [2.24, 2.45) is 5.92 Å². The third-order valence-corrected chi connectivity index (χ3v) is 2.89. The summed E-state index contributed by atoms with van der Waals surface area (Å²) >= 11 is 0. The lowest BCUT2D eigenvalue weighted by atomic mass is 9.99. The van der Waals surface area contributed by atoms with Gasteiger partial charge in [0.1, 0.15) is 0 Å². The summed E-state index contributed by atoms with van der Waals surface area (Å²) in [5, 5.41) is 18.4. The number of aliphatic hydroxyl groups excluding tert-OH is 2. The van der Waals surface area contributed by atoms with Gasteiger partial charge in [-0.05, 0) is 25.3 Å². The van der Waals surface area contributed by atoms with Gasteiger partial charge in [0.25, 0.3) is 0 Å². The monoisotopic (exact) mass is 238 g/mol. The summed E-state index contributed by atoms with van der Waals surface area (Å²) in [4.78, 5) is 0. The van der Waals surface area contributed by atoms with Gasteiger partial charge >= 0.3 is 0 Å². The lowest BCUT2D eigenvalue weighted by Gasteiger charge is -2.16. The maximum absolute atomic E-state index is 9.35. The molecule has 17 heavy (non-hydrogen) atoms. The van der Waals surface area contributed by atoms with Crippen LogP contribution in [0.3, 0.4) is 0 Å². The minimum Gasteiger partial charge on any atom is -0.396 e. The number of benzene rings is 1. The van der Waals surface area contributed by atoms with Crippen LogP contribution in [0.25, 0.3) is 0 Å². The smallest absolute Gasteiger partial charge is 0.0716 e. The van der Waals surface area contributed by atoms with Crippen molar-refractivity contribution >= 4 is 0 Å². The molecule has 3 nitrogen and oxygen atoms in total. The van der Waals surface area contributed by atoms with E-state index in [1.165, 1.54) is 5.56 Å². The van der Waals surface area contributed by atoms with Crippen LogP contribution in [-0.4, -0.2) is 29.5 Å². The lowest BCUT2D eigenvalue weighted by Crippen LogP contribution is -2.20. The second-order valence-electron chi connectivity index (χ2n) is 4.36. The van der Waals surface area contributed by atoms with E-state index < -0.39 is 6.10 Å². The van der Waals surface area contributed by atoms with Gasteiger partial charge in [0.05, 0.1) is 12.7 Å². The topological polar surface area (TPSA) is 49.7 Å². The average Bonchev–Trinajstić information content (AvgIpc) is 2.34. The quantitative estimate of drug-likeness (QED) is 0.681. The molecule has 1 rings (SSSR count). The Hall–Kier alpha value is -0.900. The summed E-state index contributed by atoms with van der Waals surface area (Å²) in [5.74, 6) is -0.0321. The zero-order valence-corrected chi connectivity index (χ0v) is 10.4. The molecule has 0 aliphatic carbocycles. The van der Waals surface area contributed by atoms with Crippen LogP contribution in [0.5, 0.6) is 0 Å². The van der Waals surface area contributed by atoms with Crippen LogP contribution in [0.15, 0.2) is 30.3 Å². The fourth-order valence-electron chi connectivity index (χ4n) is 1.70. The molecule has 2 N–H and O–H groups in total. The first-order valence-corrected chi connectivity index (χ1v) is 6.14. The third kappa shape index (κ3) is 5.82. The molecule has 2 atom stereocenters. The van der Waals surface area contributed by atoms with Crippen molar-refractivity contribution in [1.29, 1.82) is 0 Å². The van der Waals surface area contributed by atoms with Gasteiger partial charge in [0, 0.05) is 19.1 Å². The highest BCUT2D eigenvalue weighted by Gasteiger charge is 2.12. The van der Waals surface area contributed by atoms with Gasteiger partial charge in [-0.1, -0.05) is 30.3 Å². The van der Waals surface area contributed by atoms with Crippen LogP contribution >= 0.6 is 0 Å². The predicted molar refractivity (Wildman–Crippen MR) is 67.6 cm³/mol. The van der Waals surface area contributed by atoms with E-state index in [0.29, 0.717) is 13.2 Å². The maximum atomic E-state index is 9.35. The molecular formula is C14H22O3. The standard InChI is InChI=1S/C14H22O3/c1-12(16)14(10-15)8-5-9-17-11-13-6-3-2-4-7-13/h2-4,6-7,12,14-16H,5,8-11H2,1H3/t12-,14+/m0/s1. The minimum atomic E-state index is -0.450. The fourth-order valence-corrected chi connectivity index (χ4v) is 1.70. The van der Waals surface area contributed by atoms with Gasteiger partial charge < -0.3 is 14.9 Å². The van der Waals surface area contributed by atoms with Crippen LogP contribution in [0, 0.1) is 5.92 Å². The Kier molecular flexibility index (Phi) is 6.86. The molecule has 1 aromatic carbocycles. The van der Waals surface area contributed by atoms with Crippen molar-refractivity contribution in [2.45, 2.75) is 32.5 Å². The van der Waals surface area contributed by atoms with Crippen molar-refractivity contribution < 1.29 is 14.9 Å². The first-order valence-electron chi connectivity index (χ1n) is 6.14. The summed E-state index contributed by atoms with van der Waals surface area (Å²) in [6.07, 6.45) is 1.21.